The molecule has 6 heterocycles. The van der Waals surface area contributed by atoms with Crippen LogP contribution in [0, 0.1) is 0 Å². The maximum atomic E-state index is 16.1. The summed E-state index contributed by atoms with van der Waals surface area (Å²) in [5.74, 6) is -3.46. The third kappa shape index (κ3) is 9.24. The number of anilines is 1. The van der Waals surface area contributed by atoms with Crippen molar-refractivity contribution in [2.45, 2.75) is 63.1 Å². The molecule has 3 fully saturated rings. The lowest BCUT2D eigenvalue weighted by molar-refractivity contribution is -0.137. The lowest BCUT2D eigenvalue weighted by Crippen LogP contribution is -2.61. The van der Waals surface area contributed by atoms with E-state index in [4.69, 9.17) is 14.2 Å². The van der Waals surface area contributed by atoms with E-state index >= 15 is 8.78 Å². The minimum atomic E-state index is -3.72. The molecule has 3 aromatic carbocycles. The molecule has 69 heavy (non-hydrogen) atoms. The van der Waals surface area contributed by atoms with Gasteiger partial charge in [0.05, 0.1) is 65.9 Å². The van der Waals surface area contributed by atoms with Crippen molar-refractivity contribution in [1.82, 2.24) is 34.8 Å². The number of hydrogen-bond donors (Lipinski definition) is 1. The summed E-state index contributed by atoms with van der Waals surface area (Å²) >= 11 is 0. The smallest absolute Gasteiger partial charge is 0.275 e. The number of nitrogens with zero attached hydrogens (tertiary/aromatic N) is 7. The Hall–Kier alpha value is -6.51. The maximum absolute atomic E-state index is 16.1. The summed E-state index contributed by atoms with van der Waals surface area (Å²) in [5, 5.41) is 7.88. The Morgan fingerprint density at radius 3 is 2.33 bits per heavy atom. The predicted molar refractivity (Wildman–Crippen MR) is 251 cm³/mol. The normalized spacial score (nSPS) is 21.6. The summed E-state index contributed by atoms with van der Waals surface area (Å²) < 4.78 is 76.7. The molecule has 0 saturated carbocycles. The molecular formula is C49H54F2N8O9S. The van der Waals surface area contributed by atoms with Gasteiger partial charge in [0.15, 0.2) is 11.5 Å². The third-order valence-corrected chi connectivity index (χ3v) is 14.6. The number of fused-ring (bicyclic) bond motifs is 2. The van der Waals surface area contributed by atoms with Crippen LogP contribution in [0.3, 0.4) is 0 Å². The van der Waals surface area contributed by atoms with Crippen molar-refractivity contribution in [3.05, 3.63) is 101 Å². The number of benzene rings is 3. The first kappa shape index (κ1) is 47.6. The second-order valence-electron chi connectivity index (χ2n) is 18.4. The van der Waals surface area contributed by atoms with Gasteiger partial charge in [-0.1, -0.05) is 18.2 Å². The summed E-state index contributed by atoms with van der Waals surface area (Å²) in [6, 6.07) is 16.9. The van der Waals surface area contributed by atoms with E-state index < -0.39 is 57.4 Å². The van der Waals surface area contributed by atoms with Gasteiger partial charge in [0.25, 0.3) is 17.7 Å². The summed E-state index contributed by atoms with van der Waals surface area (Å²) in [5.41, 5.74) is 1.77. The molecule has 364 valence electrons. The van der Waals surface area contributed by atoms with Gasteiger partial charge < -0.3 is 19.1 Å². The number of carbonyl (C=O) groups excluding carboxylic acids is 4. The molecular weight excluding hydrogens is 915 g/mol. The maximum Gasteiger partial charge on any atom is 0.275 e. The number of likely N-dealkylation sites (tertiary alicyclic amines) is 1. The monoisotopic (exact) mass is 968 g/mol. The number of piperazine rings is 1. The fourth-order valence-electron chi connectivity index (χ4n) is 10.1. The number of aryl methyl sites for hydroxylation is 1. The Kier molecular flexibility index (Phi) is 12.7. The lowest BCUT2D eigenvalue weighted by atomic mass is 9.77. The van der Waals surface area contributed by atoms with Gasteiger partial charge in [-0.25, -0.2) is 22.2 Å². The second-order valence-corrected chi connectivity index (χ2v) is 20.6. The fourth-order valence-corrected chi connectivity index (χ4v) is 11.0. The van der Waals surface area contributed by atoms with Gasteiger partial charge in [-0.3, -0.25) is 43.9 Å². The van der Waals surface area contributed by atoms with Crippen molar-refractivity contribution in [2.75, 3.05) is 69.9 Å². The van der Waals surface area contributed by atoms with E-state index in [0.29, 0.717) is 60.4 Å². The number of sulfone groups is 1. The van der Waals surface area contributed by atoms with Gasteiger partial charge in [-0.15, -0.1) is 0 Å². The Bertz CT molecular complexity index is 2960. The van der Waals surface area contributed by atoms with Gasteiger partial charge in [0, 0.05) is 76.6 Å². The molecule has 4 aliphatic heterocycles. The highest BCUT2D eigenvalue weighted by atomic mass is 32.2. The molecule has 3 saturated heterocycles. The van der Waals surface area contributed by atoms with E-state index in [2.05, 4.69) is 15.4 Å². The van der Waals surface area contributed by atoms with Gasteiger partial charge >= 0.3 is 0 Å². The van der Waals surface area contributed by atoms with E-state index in [0.717, 1.165) is 27.6 Å². The molecule has 3 atom stereocenters. The number of carbonyl (C=O) groups is 4. The molecule has 0 bridgehead atoms. The van der Waals surface area contributed by atoms with Gasteiger partial charge in [0.1, 0.15) is 27.2 Å². The number of methoxy groups -OCH3 is 1. The lowest BCUT2D eigenvalue weighted by Gasteiger charge is -2.46. The molecule has 17 nitrogen and oxygen atoms in total. The van der Waals surface area contributed by atoms with Crippen LogP contribution in [-0.2, 0) is 38.4 Å². The average Bonchev–Trinajstić information content (AvgIpc) is 3.78. The standard InChI is InChI=1S/C49H54F2N8O9S/c1-6-67-39-25-31(9-14-38(39)66-4)37(28-69(5,64)65)59-45(61)35-16-19-52-44(42(35)46(59)62)58-23-21-57(22-24-58)40-17-20-56(29-49(40,50)51)27-30-7-10-32(11-8-30)68-33-12-13-34-36(26-33)55(3)54-43(34)48(2)18-15-41(60)53-47(48)63/h7-14,16,19,25-26,37,40H,6,15,17-18,20-24,27-29H2,1-5H3,(H,53,60,63)/t37-,40-,48-/m1/s1. The van der Waals surface area contributed by atoms with Crippen LogP contribution in [0.25, 0.3) is 10.9 Å². The molecule has 20 heteroatoms. The number of ether oxygens (including phenoxy) is 3. The van der Waals surface area contributed by atoms with Crippen LogP contribution >= 0.6 is 0 Å². The summed E-state index contributed by atoms with van der Waals surface area (Å²) in [6.45, 7) is 5.33. The molecule has 1 N–H and O–H groups in total. The van der Waals surface area contributed by atoms with Gasteiger partial charge in [-0.2, -0.15) is 5.10 Å². The number of nitrogens with one attached hydrogen (secondary N) is 1. The fraction of sp³-hybridized carbons (Fsp3) is 0.429. The minimum absolute atomic E-state index is 0.0500. The number of alkyl halides is 2. The van der Waals surface area contributed by atoms with Crippen molar-refractivity contribution >= 4 is 50.2 Å². The molecule has 4 aliphatic rings. The van der Waals surface area contributed by atoms with Gasteiger partial charge in [-0.05, 0) is 80.3 Å². The van der Waals surface area contributed by atoms with Crippen LogP contribution in [0.5, 0.6) is 23.0 Å². The SMILES string of the molecule is CCOc1cc([C@@H](CS(C)(=O)=O)N2C(=O)c3ccnc(N4CCN([C@@H]5CCN(Cc6ccc(Oc7ccc8c([C@@]9(C)CCC(=O)NC9=O)nn(C)c8c7)cc6)CC5(F)F)CC4)c3C2=O)ccc1OC. The van der Waals surface area contributed by atoms with Crippen LogP contribution in [0.2, 0.25) is 0 Å². The number of halogens is 2. The Labute approximate surface area is 398 Å². The minimum Gasteiger partial charge on any atom is -0.493 e. The highest BCUT2D eigenvalue weighted by Gasteiger charge is 2.49. The third-order valence-electron chi connectivity index (χ3n) is 13.7. The number of hydrogen-bond acceptors (Lipinski definition) is 14. The van der Waals surface area contributed by atoms with Crippen LogP contribution in [0.15, 0.2) is 72.9 Å². The molecule has 0 spiro atoms. The molecule has 0 aliphatic carbocycles. The number of pyridine rings is 1. The van der Waals surface area contributed by atoms with Crippen molar-refractivity contribution in [3.63, 3.8) is 0 Å². The predicted octanol–water partition coefficient (Wildman–Crippen LogP) is 5.28. The van der Waals surface area contributed by atoms with E-state index in [1.807, 2.05) is 29.2 Å². The number of aromatic nitrogens is 3. The summed E-state index contributed by atoms with van der Waals surface area (Å²) in [6.07, 6.45) is 3.30. The van der Waals surface area contributed by atoms with Crippen molar-refractivity contribution in [1.29, 1.82) is 0 Å². The number of imide groups is 2. The largest absolute Gasteiger partial charge is 0.493 e. The van der Waals surface area contributed by atoms with E-state index in [-0.39, 0.29) is 67.8 Å². The second kappa shape index (κ2) is 18.4. The first-order chi connectivity index (χ1) is 32.9. The quantitative estimate of drug-likeness (QED) is 0.142. The molecule has 4 amide bonds. The molecule has 5 aromatic rings. The number of piperidine rings is 2. The zero-order valence-corrected chi connectivity index (χ0v) is 39.9. The topological polar surface area (TPSA) is 186 Å². The first-order valence-electron chi connectivity index (χ1n) is 22.9. The van der Waals surface area contributed by atoms with Crippen LogP contribution in [0.1, 0.15) is 76.7 Å². The average molecular weight is 969 g/mol. The highest BCUT2D eigenvalue weighted by Crippen LogP contribution is 2.41. The highest BCUT2D eigenvalue weighted by molar-refractivity contribution is 7.90. The zero-order chi connectivity index (χ0) is 49.0. The molecule has 9 rings (SSSR count). The van der Waals surface area contributed by atoms with Crippen LogP contribution in [0.4, 0.5) is 14.6 Å². The van der Waals surface area contributed by atoms with Crippen LogP contribution in [-0.4, -0.2) is 138 Å². The van der Waals surface area contributed by atoms with E-state index in [1.165, 1.54) is 19.4 Å². The Morgan fingerprint density at radius 2 is 1.65 bits per heavy atom. The zero-order valence-electron chi connectivity index (χ0n) is 39.0. The van der Waals surface area contributed by atoms with Crippen molar-refractivity contribution in [2.24, 2.45) is 7.05 Å². The Morgan fingerprint density at radius 1 is 0.913 bits per heavy atom. The summed E-state index contributed by atoms with van der Waals surface area (Å²) in [7, 11) is -0.460. The van der Waals surface area contributed by atoms with E-state index in [1.54, 1.807) is 71.8 Å². The van der Waals surface area contributed by atoms with Crippen molar-refractivity contribution in [3.8, 4) is 23.0 Å². The van der Waals surface area contributed by atoms with Gasteiger partial charge in [0.2, 0.25) is 11.8 Å². The van der Waals surface area contributed by atoms with Crippen LogP contribution < -0.4 is 24.4 Å². The Balaban J connectivity index is 0.818. The van der Waals surface area contributed by atoms with Crippen molar-refractivity contribution < 1.29 is 50.6 Å². The molecule has 0 unspecified atom stereocenters. The molecule has 2 aromatic heterocycles. The number of amides is 4. The molecule has 0 radical (unpaired) electrons. The summed E-state index contributed by atoms with van der Waals surface area (Å²) in [4.78, 5) is 63.9. The number of rotatable bonds is 14. The van der Waals surface area contributed by atoms with E-state index in [9.17, 15) is 27.6 Å². The first-order valence-corrected chi connectivity index (χ1v) is 25.0.